The van der Waals surface area contributed by atoms with Gasteiger partial charge < -0.3 is 10.1 Å². The minimum absolute atomic E-state index is 0.0914. The second-order valence-electron chi connectivity index (χ2n) is 6.31. The van der Waals surface area contributed by atoms with Crippen LogP contribution in [0.15, 0.2) is 61.2 Å². The summed E-state index contributed by atoms with van der Waals surface area (Å²) in [5.74, 6) is -0.483. The SMILES string of the molecule is C=CC(=O)OCCCCCCNC(=O)c1ccc(-c2ccc(C#N)cc2)cc1. The molecule has 5 nitrogen and oxygen atoms in total. The predicted molar refractivity (Wildman–Crippen MR) is 109 cm³/mol. The monoisotopic (exact) mass is 376 g/mol. The fourth-order valence-corrected chi connectivity index (χ4v) is 2.67. The van der Waals surface area contributed by atoms with Gasteiger partial charge in [-0.3, -0.25) is 4.79 Å². The van der Waals surface area contributed by atoms with Crippen molar-refractivity contribution in [2.75, 3.05) is 13.2 Å². The van der Waals surface area contributed by atoms with Gasteiger partial charge in [-0.15, -0.1) is 0 Å². The fourth-order valence-electron chi connectivity index (χ4n) is 2.67. The molecule has 0 aliphatic carbocycles. The number of carbonyl (C=O) groups is 2. The average Bonchev–Trinajstić information content (AvgIpc) is 2.75. The van der Waals surface area contributed by atoms with Crippen molar-refractivity contribution in [2.24, 2.45) is 0 Å². The molecule has 0 saturated heterocycles. The molecule has 0 bridgehead atoms. The first kappa shape index (κ1) is 20.9. The van der Waals surface area contributed by atoms with E-state index in [0.29, 0.717) is 24.3 Å². The van der Waals surface area contributed by atoms with Gasteiger partial charge in [-0.1, -0.05) is 37.3 Å². The first-order chi connectivity index (χ1) is 13.6. The van der Waals surface area contributed by atoms with Crippen LogP contribution >= 0.6 is 0 Å². The normalized spacial score (nSPS) is 9.96. The number of amides is 1. The Bertz CT molecular complexity index is 834. The van der Waals surface area contributed by atoms with Crippen molar-refractivity contribution in [1.29, 1.82) is 5.26 Å². The maximum absolute atomic E-state index is 12.2. The van der Waals surface area contributed by atoms with Crippen LogP contribution in [0.1, 0.15) is 41.6 Å². The Labute approximate surface area is 165 Å². The summed E-state index contributed by atoms with van der Waals surface area (Å²) in [5.41, 5.74) is 3.24. The third kappa shape index (κ3) is 6.73. The van der Waals surface area contributed by atoms with Crippen LogP contribution in [-0.4, -0.2) is 25.0 Å². The van der Waals surface area contributed by atoms with E-state index in [1.807, 2.05) is 24.3 Å². The minimum Gasteiger partial charge on any atom is -0.463 e. The molecule has 1 amide bonds. The molecular weight excluding hydrogens is 352 g/mol. The zero-order chi connectivity index (χ0) is 20.2. The van der Waals surface area contributed by atoms with E-state index in [4.69, 9.17) is 10.00 Å². The standard InChI is InChI=1S/C23H24N2O3/c1-2-22(26)28-16-6-4-3-5-15-25-23(27)21-13-11-20(12-14-21)19-9-7-18(17-24)8-10-19/h2,7-14H,1,3-6,15-16H2,(H,25,27). The second kappa shape index (κ2) is 11.3. The van der Waals surface area contributed by atoms with Crippen LogP contribution in [0.4, 0.5) is 0 Å². The summed E-state index contributed by atoms with van der Waals surface area (Å²) in [4.78, 5) is 23.1. The summed E-state index contributed by atoms with van der Waals surface area (Å²) < 4.78 is 4.91. The second-order valence-corrected chi connectivity index (χ2v) is 6.31. The van der Waals surface area contributed by atoms with Gasteiger partial charge in [-0.2, -0.15) is 5.26 Å². The molecule has 0 heterocycles. The van der Waals surface area contributed by atoms with Crippen molar-refractivity contribution in [3.63, 3.8) is 0 Å². The number of ether oxygens (including phenoxy) is 1. The van der Waals surface area contributed by atoms with E-state index in [1.165, 1.54) is 0 Å². The van der Waals surface area contributed by atoms with Crippen LogP contribution in [0.25, 0.3) is 11.1 Å². The molecule has 0 unspecified atom stereocenters. The van der Waals surface area contributed by atoms with Crippen LogP contribution in [0.2, 0.25) is 0 Å². The lowest BCUT2D eigenvalue weighted by Crippen LogP contribution is -2.24. The highest BCUT2D eigenvalue weighted by Gasteiger charge is 2.05. The molecule has 144 valence electrons. The summed E-state index contributed by atoms with van der Waals surface area (Å²) in [6.07, 6.45) is 4.75. The molecule has 0 aliphatic heterocycles. The van der Waals surface area contributed by atoms with Crippen LogP contribution in [0, 0.1) is 11.3 Å². The van der Waals surface area contributed by atoms with Gasteiger partial charge in [-0.25, -0.2) is 4.79 Å². The van der Waals surface area contributed by atoms with Crippen LogP contribution in [-0.2, 0) is 9.53 Å². The van der Waals surface area contributed by atoms with E-state index in [2.05, 4.69) is 18.0 Å². The molecular formula is C23H24N2O3. The molecule has 0 fully saturated rings. The summed E-state index contributed by atoms with van der Waals surface area (Å²) in [6.45, 7) is 4.36. The highest BCUT2D eigenvalue weighted by atomic mass is 16.5. The third-order valence-corrected chi connectivity index (χ3v) is 4.26. The number of unbranched alkanes of at least 4 members (excludes halogenated alkanes) is 3. The molecule has 2 rings (SSSR count). The number of carbonyl (C=O) groups excluding carboxylic acids is 2. The topological polar surface area (TPSA) is 79.2 Å². The van der Waals surface area contributed by atoms with Crippen molar-refractivity contribution >= 4 is 11.9 Å². The number of nitrogens with zero attached hydrogens (tertiary/aromatic N) is 1. The molecule has 1 N–H and O–H groups in total. The summed E-state index contributed by atoms with van der Waals surface area (Å²) in [7, 11) is 0. The smallest absolute Gasteiger partial charge is 0.330 e. The van der Waals surface area contributed by atoms with E-state index in [1.54, 1.807) is 24.3 Å². The molecule has 0 radical (unpaired) electrons. The fraction of sp³-hybridized carbons (Fsp3) is 0.261. The first-order valence-electron chi connectivity index (χ1n) is 9.32. The molecule has 0 aliphatic rings. The molecule has 0 aromatic heterocycles. The van der Waals surface area contributed by atoms with E-state index in [-0.39, 0.29) is 5.91 Å². The molecule has 2 aromatic carbocycles. The molecule has 0 saturated carbocycles. The molecule has 2 aromatic rings. The van der Waals surface area contributed by atoms with Gasteiger partial charge in [0.05, 0.1) is 18.2 Å². The van der Waals surface area contributed by atoms with Gasteiger partial charge in [0, 0.05) is 18.2 Å². The van der Waals surface area contributed by atoms with Crippen molar-refractivity contribution < 1.29 is 14.3 Å². The molecule has 0 spiro atoms. The summed E-state index contributed by atoms with van der Waals surface area (Å²) in [6, 6.07) is 16.9. The number of benzene rings is 2. The molecule has 0 atom stereocenters. The Morgan fingerprint density at radius 3 is 2.18 bits per heavy atom. The number of nitrogens with one attached hydrogen (secondary N) is 1. The van der Waals surface area contributed by atoms with Gasteiger partial charge in [0.25, 0.3) is 5.91 Å². The number of rotatable bonds is 10. The van der Waals surface area contributed by atoms with E-state index in [9.17, 15) is 9.59 Å². The van der Waals surface area contributed by atoms with E-state index in [0.717, 1.165) is 42.9 Å². The highest BCUT2D eigenvalue weighted by Crippen LogP contribution is 2.20. The van der Waals surface area contributed by atoms with Crippen molar-refractivity contribution in [2.45, 2.75) is 25.7 Å². The summed E-state index contributed by atoms with van der Waals surface area (Å²) in [5, 5.41) is 11.8. The van der Waals surface area contributed by atoms with Crippen LogP contribution in [0.3, 0.4) is 0 Å². The Morgan fingerprint density at radius 1 is 0.964 bits per heavy atom. The van der Waals surface area contributed by atoms with Crippen molar-refractivity contribution in [3.8, 4) is 17.2 Å². The van der Waals surface area contributed by atoms with Gasteiger partial charge >= 0.3 is 5.97 Å². The van der Waals surface area contributed by atoms with Crippen molar-refractivity contribution in [3.05, 3.63) is 72.3 Å². The van der Waals surface area contributed by atoms with Gasteiger partial charge in [0.2, 0.25) is 0 Å². The maximum Gasteiger partial charge on any atom is 0.330 e. The number of esters is 1. The highest BCUT2D eigenvalue weighted by molar-refractivity contribution is 5.94. The first-order valence-corrected chi connectivity index (χ1v) is 9.32. The number of hydrogen-bond donors (Lipinski definition) is 1. The Hall–Kier alpha value is -3.39. The lowest BCUT2D eigenvalue weighted by molar-refractivity contribution is -0.137. The quantitative estimate of drug-likeness (QED) is 0.382. The molecule has 5 heteroatoms. The Morgan fingerprint density at radius 2 is 1.57 bits per heavy atom. The third-order valence-electron chi connectivity index (χ3n) is 4.26. The van der Waals surface area contributed by atoms with Gasteiger partial charge in [0.1, 0.15) is 0 Å². The average molecular weight is 376 g/mol. The minimum atomic E-state index is -0.391. The zero-order valence-electron chi connectivity index (χ0n) is 15.8. The summed E-state index contributed by atoms with van der Waals surface area (Å²) >= 11 is 0. The molecule has 28 heavy (non-hydrogen) atoms. The Balaban J connectivity index is 1.69. The largest absolute Gasteiger partial charge is 0.463 e. The van der Waals surface area contributed by atoms with E-state index < -0.39 is 5.97 Å². The van der Waals surface area contributed by atoms with Crippen molar-refractivity contribution in [1.82, 2.24) is 5.32 Å². The zero-order valence-corrected chi connectivity index (χ0v) is 15.8. The van der Waals surface area contributed by atoms with Gasteiger partial charge in [-0.05, 0) is 54.7 Å². The van der Waals surface area contributed by atoms with E-state index >= 15 is 0 Å². The van der Waals surface area contributed by atoms with Crippen LogP contribution in [0.5, 0.6) is 0 Å². The van der Waals surface area contributed by atoms with Gasteiger partial charge in [0.15, 0.2) is 0 Å². The number of nitriles is 1. The number of hydrogen-bond acceptors (Lipinski definition) is 4. The van der Waals surface area contributed by atoms with Crippen LogP contribution < -0.4 is 5.32 Å². The Kier molecular flexibility index (Phi) is 8.48. The maximum atomic E-state index is 12.2. The lowest BCUT2D eigenvalue weighted by atomic mass is 10.0. The predicted octanol–water partition coefficient (Wildman–Crippen LogP) is 4.24. The lowest BCUT2D eigenvalue weighted by Gasteiger charge is -2.07.